The Morgan fingerprint density at radius 1 is 1.48 bits per heavy atom. The topological polar surface area (TPSA) is 98.5 Å². The van der Waals surface area contributed by atoms with Crippen molar-refractivity contribution >= 4 is 33.4 Å². The average molecular weight is 332 g/mol. The lowest BCUT2D eigenvalue weighted by atomic mass is 10.2. The zero-order chi connectivity index (χ0) is 16.0. The van der Waals surface area contributed by atoms with E-state index in [2.05, 4.69) is 9.46 Å². The number of ether oxygens (including phenoxy) is 1. The molecule has 0 saturated heterocycles. The molecule has 0 aliphatic heterocycles. The van der Waals surface area contributed by atoms with Crippen LogP contribution in [-0.4, -0.2) is 40.1 Å². The normalized spacial score (nSPS) is 12.9. The van der Waals surface area contributed by atoms with E-state index in [4.69, 9.17) is 5.73 Å². The Morgan fingerprint density at radius 3 is 2.71 bits per heavy atom. The minimum absolute atomic E-state index is 0.0308. The SMILES string of the molecule is COC(=O)c1ccc(N)cc1S(=O)(=O)NCC(C)CSC. The van der Waals surface area contributed by atoms with Gasteiger partial charge in [-0.25, -0.2) is 17.9 Å². The Hall–Kier alpha value is -1.25. The molecule has 6 nitrogen and oxygen atoms in total. The van der Waals surface area contributed by atoms with Crippen molar-refractivity contribution in [3.05, 3.63) is 23.8 Å². The van der Waals surface area contributed by atoms with Crippen LogP contribution in [-0.2, 0) is 14.8 Å². The Labute approximate surface area is 129 Å². The number of rotatable bonds is 7. The molecule has 0 aromatic heterocycles. The number of thioether (sulfide) groups is 1. The minimum Gasteiger partial charge on any atom is -0.465 e. The molecule has 0 aliphatic carbocycles. The summed E-state index contributed by atoms with van der Waals surface area (Å²) in [6, 6.07) is 4.07. The van der Waals surface area contributed by atoms with E-state index in [1.807, 2.05) is 13.2 Å². The van der Waals surface area contributed by atoms with E-state index in [1.165, 1.54) is 25.3 Å². The van der Waals surface area contributed by atoms with Crippen LogP contribution in [0.25, 0.3) is 0 Å². The predicted octanol–water partition coefficient (Wildman–Crippen LogP) is 1.33. The second kappa shape index (κ2) is 7.67. The molecule has 0 spiro atoms. The highest BCUT2D eigenvalue weighted by Gasteiger charge is 2.23. The number of methoxy groups -OCH3 is 1. The largest absolute Gasteiger partial charge is 0.465 e. The standard InChI is InChI=1S/C13H20N2O4S2/c1-9(8-20-3)7-15-21(17,18)12-6-10(14)4-5-11(12)13(16)19-2/h4-6,9,15H,7-8,14H2,1-3H3. The van der Waals surface area contributed by atoms with Crippen molar-refractivity contribution in [3.63, 3.8) is 0 Å². The summed E-state index contributed by atoms with van der Waals surface area (Å²) >= 11 is 1.64. The summed E-state index contributed by atoms with van der Waals surface area (Å²) in [6.45, 7) is 2.23. The molecule has 0 bridgehead atoms. The molecule has 21 heavy (non-hydrogen) atoms. The highest BCUT2D eigenvalue weighted by molar-refractivity contribution is 7.98. The molecular weight excluding hydrogens is 312 g/mol. The van der Waals surface area contributed by atoms with E-state index in [1.54, 1.807) is 11.8 Å². The van der Waals surface area contributed by atoms with Crippen molar-refractivity contribution in [2.75, 3.05) is 31.4 Å². The molecule has 0 aliphatic rings. The number of nitrogens with two attached hydrogens (primary N) is 1. The molecule has 0 radical (unpaired) electrons. The number of hydrogen-bond acceptors (Lipinski definition) is 6. The summed E-state index contributed by atoms with van der Waals surface area (Å²) in [4.78, 5) is 11.5. The third-order valence-electron chi connectivity index (χ3n) is 2.77. The van der Waals surface area contributed by atoms with Crippen LogP contribution in [0.4, 0.5) is 5.69 Å². The summed E-state index contributed by atoms with van der Waals surface area (Å²) in [6.07, 6.45) is 1.96. The lowest BCUT2D eigenvalue weighted by Crippen LogP contribution is -2.30. The van der Waals surface area contributed by atoms with E-state index in [-0.39, 0.29) is 22.1 Å². The van der Waals surface area contributed by atoms with E-state index in [9.17, 15) is 13.2 Å². The summed E-state index contributed by atoms with van der Waals surface area (Å²) in [5, 5.41) is 0. The van der Waals surface area contributed by atoms with Crippen LogP contribution in [0.1, 0.15) is 17.3 Å². The Morgan fingerprint density at radius 2 is 2.14 bits per heavy atom. The van der Waals surface area contributed by atoms with Gasteiger partial charge in [-0.2, -0.15) is 11.8 Å². The first-order valence-corrected chi connectivity index (χ1v) is 9.16. The number of carbonyl (C=O) groups excluding carboxylic acids is 1. The van der Waals surface area contributed by atoms with Crippen LogP contribution < -0.4 is 10.5 Å². The summed E-state index contributed by atoms with van der Waals surface area (Å²) in [5.41, 5.74) is 5.86. The molecule has 118 valence electrons. The summed E-state index contributed by atoms with van der Waals surface area (Å²) in [5.74, 6) is 0.300. The van der Waals surface area contributed by atoms with Gasteiger partial charge in [-0.3, -0.25) is 0 Å². The first-order valence-electron chi connectivity index (χ1n) is 6.28. The van der Waals surface area contributed by atoms with Crippen LogP contribution in [0, 0.1) is 5.92 Å². The molecule has 0 saturated carbocycles. The first-order chi connectivity index (χ1) is 9.81. The number of benzene rings is 1. The van der Waals surface area contributed by atoms with Crippen LogP contribution in [0.5, 0.6) is 0 Å². The molecule has 1 rings (SSSR count). The third-order valence-corrected chi connectivity index (χ3v) is 5.14. The minimum atomic E-state index is -3.82. The number of nitrogens with one attached hydrogen (secondary N) is 1. The van der Waals surface area contributed by atoms with Crippen molar-refractivity contribution < 1.29 is 17.9 Å². The summed E-state index contributed by atoms with van der Waals surface area (Å²) < 4.78 is 31.8. The number of esters is 1. The fraction of sp³-hybridized carbons (Fsp3) is 0.462. The molecule has 1 aromatic carbocycles. The molecule has 3 N–H and O–H groups in total. The van der Waals surface area contributed by atoms with E-state index in [0.717, 1.165) is 5.75 Å². The maximum absolute atomic E-state index is 12.4. The number of sulfonamides is 1. The van der Waals surface area contributed by atoms with E-state index >= 15 is 0 Å². The van der Waals surface area contributed by atoms with Crippen molar-refractivity contribution in [2.24, 2.45) is 5.92 Å². The highest BCUT2D eigenvalue weighted by atomic mass is 32.2. The van der Waals surface area contributed by atoms with E-state index in [0.29, 0.717) is 6.54 Å². The Kier molecular flexibility index (Phi) is 6.50. The fourth-order valence-corrected chi connectivity index (χ4v) is 3.79. The zero-order valence-corrected chi connectivity index (χ0v) is 13.9. The Balaban J connectivity index is 3.07. The van der Waals surface area contributed by atoms with Crippen LogP contribution in [0.15, 0.2) is 23.1 Å². The number of hydrogen-bond donors (Lipinski definition) is 2. The second-order valence-electron chi connectivity index (χ2n) is 4.66. The van der Waals surface area contributed by atoms with Gasteiger partial charge in [0.15, 0.2) is 0 Å². The quantitative estimate of drug-likeness (QED) is 0.577. The van der Waals surface area contributed by atoms with Gasteiger partial charge in [-0.15, -0.1) is 0 Å². The molecule has 1 unspecified atom stereocenters. The van der Waals surface area contributed by atoms with Gasteiger partial charge in [-0.05, 0) is 36.1 Å². The van der Waals surface area contributed by atoms with Gasteiger partial charge in [-0.1, -0.05) is 6.92 Å². The van der Waals surface area contributed by atoms with Crippen LogP contribution in [0.2, 0.25) is 0 Å². The van der Waals surface area contributed by atoms with Crippen LogP contribution >= 0.6 is 11.8 Å². The highest BCUT2D eigenvalue weighted by Crippen LogP contribution is 2.20. The molecular formula is C13H20N2O4S2. The third kappa shape index (κ3) is 4.90. The van der Waals surface area contributed by atoms with Crippen molar-refractivity contribution in [2.45, 2.75) is 11.8 Å². The lowest BCUT2D eigenvalue weighted by Gasteiger charge is -2.14. The molecule has 0 fully saturated rings. The van der Waals surface area contributed by atoms with Gasteiger partial charge in [0.2, 0.25) is 10.0 Å². The van der Waals surface area contributed by atoms with Gasteiger partial charge < -0.3 is 10.5 Å². The fourth-order valence-electron chi connectivity index (χ4n) is 1.71. The average Bonchev–Trinajstić information content (AvgIpc) is 2.44. The zero-order valence-electron chi connectivity index (χ0n) is 12.3. The van der Waals surface area contributed by atoms with Gasteiger partial charge in [0.1, 0.15) is 0 Å². The van der Waals surface area contributed by atoms with Gasteiger partial charge >= 0.3 is 5.97 Å². The molecule has 1 atom stereocenters. The van der Waals surface area contributed by atoms with Crippen molar-refractivity contribution in [3.8, 4) is 0 Å². The molecule has 8 heteroatoms. The summed E-state index contributed by atoms with van der Waals surface area (Å²) in [7, 11) is -2.62. The maximum atomic E-state index is 12.4. The number of nitrogen functional groups attached to an aromatic ring is 1. The molecule has 1 aromatic rings. The van der Waals surface area contributed by atoms with Gasteiger partial charge in [0, 0.05) is 12.2 Å². The molecule has 0 heterocycles. The van der Waals surface area contributed by atoms with Gasteiger partial charge in [0.25, 0.3) is 0 Å². The lowest BCUT2D eigenvalue weighted by molar-refractivity contribution is 0.0596. The Bertz CT molecular complexity index is 602. The van der Waals surface area contributed by atoms with Crippen molar-refractivity contribution in [1.82, 2.24) is 4.72 Å². The smallest absolute Gasteiger partial charge is 0.339 e. The molecule has 0 amide bonds. The first kappa shape index (κ1) is 17.8. The predicted molar refractivity (Wildman–Crippen MR) is 84.9 cm³/mol. The van der Waals surface area contributed by atoms with Gasteiger partial charge in [0.05, 0.1) is 17.6 Å². The maximum Gasteiger partial charge on any atom is 0.339 e. The number of carbonyl (C=O) groups is 1. The van der Waals surface area contributed by atoms with Crippen molar-refractivity contribution in [1.29, 1.82) is 0 Å². The van der Waals surface area contributed by atoms with Crippen LogP contribution in [0.3, 0.4) is 0 Å². The number of anilines is 1. The van der Waals surface area contributed by atoms with E-state index < -0.39 is 16.0 Å². The second-order valence-corrected chi connectivity index (χ2v) is 7.31. The monoisotopic (exact) mass is 332 g/mol.